The molecule has 1 atom stereocenters. The van der Waals surface area contributed by atoms with Crippen molar-refractivity contribution >= 4 is 55.7 Å². The van der Waals surface area contributed by atoms with Gasteiger partial charge in [-0.05, 0) is 68.7 Å². The number of fused-ring (bicyclic) bond motifs is 2. The van der Waals surface area contributed by atoms with Gasteiger partial charge in [-0.3, -0.25) is 9.59 Å². The van der Waals surface area contributed by atoms with Crippen molar-refractivity contribution in [1.29, 1.82) is 0 Å². The summed E-state index contributed by atoms with van der Waals surface area (Å²) >= 11 is 1.54. The highest BCUT2D eigenvalue weighted by Gasteiger charge is 2.22. The average molecular weight is 521 g/mol. The maximum atomic E-state index is 13.2. The molecule has 4 aromatic rings. The van der Waals surface area contributed by atoms with Gasteiger partial charge in [-0.25, -0.2) is 4.98 Å². The summed E-state index contributed by atoms with van der Waals surface area (Å²) < 4.78 is 6.39. The molecule has 0 saturated heterocycles. The van der Waals surface area contributed by atoms with E-state index in [0.29, 0.717) is 24.3 Å². The van der Waals surface area contributed by atoms with Crippen molar-refractivity contribution in [3.05, 3.63) is 53.2 Å². The molecule has 0 saturated carbocycles. The highest BCUT2D eigenvalue weighted by Crippen LogP contribution is 2.27. The Balaban J connectivity index is 1.46. The third-order valence-corrected chi connectivity index (χ3v) is 7.25. The van der Waals surface area contributed by atoms with E-state index < -0.39 is 6.04 Å². The highest BCUT2D eigenvalue weighted by molar-refractivity contribution is 7.16. The van der Waals surface area contributed by atoms with E-state index >= 15 is 0 Å². The zero-order valence-corrected chi connectivity index (χ0v) is 22.2. The lowest BCUT2D eigenvalue weighted by molar-refractivity contribution is -0.126. The van der Waals surface area contributed by atoms with Crippen molar-refractivity contribution in [2.24, 2.45) is 0 Å². The zero-order valence-electron chi connectivity index (χ0n) is 21.3. The molecule has 1 unspecified atom stereocenters. The third-order valence-electron chi connectivity index (χ3n) is 6.44. The number of nitrogens with zero attached hydrogens (tertiary/aromatic N) is 1. The number of aromatic amines is 1. The lowest BCUT2D eigenvalue weighted by atomic mass is 10.0. The SMILES string of the molecule is COc1ccc2[nH]c(C)c(CC(=O)NC(CCCCCC(C)=O)C(=O)Nc3ccc4scnc4c3)c2c1. The minimum atomic E-state index is -0.698. The molecule has 0 aliphatic heterocycles. The van der Waals surface area contributed by atoms with Crippen LogP contribution in [-0.4, -0.2) is 40.7 Å². The molecule has 194 valence electrons. The molecule has 0 spiro atoms. The molecule has 0 fully saturated rings. The summed E-state index contributed by atoms with van der Waals surface area (Å²) in [5.74, 6) is 0.372. The number of ketones is 1. The van der Waals surface area contributed by atoms with Crippen molar-refractivity contribution < 1.29 is 19.1 Å². The fourth-order valence-electron chi connectivity index (χ4n) is 4.46. The summed E-state index contributed by atoms with van der Waals surface area (Å²) in [6.45, 7) is 3.51. The molecule has 4 rings (SSSR count). The summed E-state index contributed by atoms with van der Waals surface area (Å²) in [6.07, 6.45) is 3.45. The Bertz CT molecular complexity index is 1420. The van der Waals surface area contributed by atoms with Crippen LogP contribution < -0.4 is 15.4 Å². The van der Waals surface area contributed by atoms with Crippen LogP contribution in [0.15, 0.2) is 41.9 Å². The van der Waals surface area contributed by atoms with Gasteiger partial charge in [0.2, 0.25) is 11.8 Å². The first-order chi connectivity index (χ1) is 17.8. The number of thiazole rings is 1. The van der Waals surface area contributed by atoms with Crippen LogP contribution in [-0.2, 0) is 20.8 Å². The molecule has 2 amide bonds. The number of H-pyrrole nitrogens is 1. The van der Waals surface area contributed by atoms with Gasteiger partial charge in [-0.1, -0.05) is 12.8 Å². The van der Waals surface area contributed by atoms with E-state index in [4.69, 9.17) is 4.74 Å². The van der Waals surface area contributed by atoms with E-state index in [1.165, 1.54) is 11.3 Å². The number of methoxy groups -OCH3 is 1. The number of benzene rings is 2. The first-order valence-electron chi connectivity index (χ1n) is 12.4. The molecule has 8 nitrogen and oxygen atoms in total. The van der Waals surface area contributed by atoms with Crippen LogP contribution in [0.25, 0.3) is 21.1 Å². The Morgan fingerprint density at radius 2 is 1.95 bits per heavy atom. The number of ether oxygens (including phenoxy) is 1. The molecule has 2 heterocycles. The predicted octanol–water partition coefficient (Wildman–Crippen LogP) is 5.30. The fourth-order valence-corrected chi connectivity index (χ4v) is 5.11. The van der Waals surface area contributed by atoms with Gasteiger partial charge < -0.3 is 25.1 Å². The third kappa shape index (κ3) is 6.74. The lowest BCUT2D eigenvalue weighted by Gasteiger charge is -2.19. The normalized spacial score (nSPS) is 12.0. The Morgan fingerprint density at radius 3 is 2.73 bits per heavy atom. The zero-order chi connectivity index (χ0) is 26.4. The summed E-state index contributed by atoms with van der Waals surface area (Å²) in [5, 5.41) is 6.81. The molecular formula is C28H32N4O4S. The number of Topliss-reactive ketones (excluding diaryl/α,β-unsaturated/α-hetero) is 1. The van der Waals surface area contributed by atoms with Crippen LogP contribution >= 0.6 is 11.3 Å². The van der Waals surface area contributed by atoms with Crippen LogP contribution in [0.4, 0.5) is 5.69 Å². The van der Waals surface area contributed by atoms with Gasteiger partial charge in [0.25, 0.3) is 0 Å². The Morgan fingerprint density at radius 1 is 1.11 bits per heavy atom. The molecule has 0 radical (unpaired) electrons. The number of nitrogens with one attached hydrogen (secondary N) is 3. The van der Waals surface area contributed by atoms with Gasteiger partial charge in [0.05, 0.1) is 29.3 Å². The van der Waals surface area contributed by atoms with Gasteiger partial charge in [0, 0.05) is 28.7 Å². The molecule has 0 bridgehead atoms. The van der Waals surface area contributed by atoms with Gasteiger partial charge >= 0.3 is 0 Å². The molecule has 0 aliphatic rings. The fraction of sp³-hybridized carbons (Fsp3) is 0.357. The molecular weight excluding hydrogens is 488 g/mol. The second-order valence-corrected chi connectivity index (χ2v) is 10.1. The standard InChI is InChI=1S/C28H32N4O4S/c1-17(33)7-5-4-6-8-24(28(35)31-19-9-12-26-25(13-19)29-16-37-26)32-27(34)15-21-18(2)30-23-11-10-20(36-3)14-22(21)23/h9-14,16,24,30H,4-8,15H2,1-3H3,(H,31,35)(H,32,34). The second kappa shape index (κ2) is 12.0. The summed E-state index contributed by atoms with van der Waals surface area (Å²) in [7, 11) is 1.61. The van der Waals surface area contributed by atoms with Crippen molar-refractivity contribution in [2.45, 2.75) is 58.4 Å². The first kappa shape index (κ1) is 26.3. The highest BCUT2D eigenvalue weighted by atomic mass is 32.1. The van der Waals surface area contributed by atoms with Gasteiger partial charge in [-0.2, -0.15) is 0 Å². The van der Waals surface area contributed by atoms with Crippen LogP contribution in [0, 0.1) is 6.92 Å². The van der Waals surface area contributed by atoms with E-state index in [2.05, 4.69) is 20.6 Å². The second-order valence-electron chi connectivity index (χ2n) is 9.26. The Kier molecular flexibility index (Phi) is 8.55. The van der Waals surface area contributed by atoms with E-state index in [1.807, 2.05) is 43.3 Å². The average Bonchev–Trinajstić information content (AvgIpc) is 3.46. The van der Waals surface area contributed by atoms with Crippen LogP contribution in [0.5, 0.6) is 5.75 Å². The van der Waals surface area contributed by atoms with Crippen LogP contribution in [0.3, 0.4) is 0 Å². The quantitative estimate of drug-likeness (QED) is 0.219. The van der Waals surface area contributed by atoms with Gasteiger partial charge in [-0.15, -0.1) is 11.3 Å². The van der Waals surface area contributed by atoms with Crippen molar-refractivity contribution in [2.75, 3.05) is 12.4 Å². The smallest absolute Gasteiger partial charge is 0.246 e. The van der Waals surface area contributed by atoms with E-state index in [1.54, 1.807) is 19.5 Å². The topological polar surface area (TPSA) is 113 Å². The van der Waals surface area contributed by atoms with E-state index in [-0.39, 0.29) is 24.0 Å². The number of amides is 2. The first-order valence-corrected chi connectivity index (χ1v) is 13.3. The number of carbonyl (C=O) groups excluding carboxylic acids is 3. The Labute approximate surface area is 219 Å². The molecule has 0 aliphatic carbocycles. The number of hydrogen-bond donors (Lipinski definition) is 3. The van der Waals surface area contributed by atoms with E-state index in [9.17, 15) is 14.4 Å². The van der Waals surface area contributed by atoms with Crippen molar-refractivity contribution in [3.63, 3.8) is 0 Å². The number of carbonyl (C=O) groups is 3. The van der Waals surface area contributed by atoms with Crippen molar-refractivity contribution in [3.8, 4) is 5.75 Å². The number of rotatable bonds is 12. The monoisotopic (exact) mass is 520 g/mol. The minimum absolute atomic E-state index is 0.137. The summed E-state index contributed by atoms with van der Waals surface area (Å²) in [6, 6.07) is 10.6. The number of hydrogen-bond acceptors (Lipinski definition) is 6. The van der Waals surface area contributed by atoms with E-state index in [0.717, 1.165) is 51.6 Å². The summed E-state index contributed by atoms with van der Waals surface area (Å²) in [5.41, 5.74) is 5.93. The number of aryl methyl sites for hydroxylation is 1. The molecule has 2 aromatic heterocycles. The van der Waals surface area contributed by atoms with Crippen molar-refractivity contribution in [1.82, 2.24) is 15.3 Å². The van der Waals surface area contributed by atoms with Gasteiger partial charge in [0.1, 0.15) is 17.6 Å². The number of aromatic nitrogens is 2. The predicted molar refractivity (Wildman–Crippen MR) is 147 cm³/mol. The van der Waals surface area contributed by atoms with Crippen LogP contribution in [0.1, 0.15) is 50.3 Å². The minimum Gasteiger partial charge on any atom is -0.497 e. The maximum Gasteiger partial charge on any atom is 0.246 e. The molecule has 37 heavy (non-hydrogen) atoms. The Hall–Kier alpha value is -3.72. The lowest BCUT2D eigenvalue weighted by Crippen LogP contribution is -2.44. The molecule has 9 heteroatoms. The molecule has 2 aromatic carbocycles. The molecule has 3 N–H and O–H groups in total. The number of anilines is 1. The summed E-state index contributed by atoms with van der Waals surface area (Å²) in [4.78, 5) is 45.3. The maximum absolute atomic E-state index is 13.2. The number of unbranched alkanes of at least 4 members (excludes halogenated alkanes) is 2. The largest absolute Gasteiger partial charge is 0.497 e. The van der Waals surface area contributed by atoms with Crippen LogP contribution in [0.2, 0.25) is 0 Å². The van der Waals surface area contributed by atoms with Gasteiger partial charge in [0.15, 0.2) is 0 Å².